The molecule has 2 aromatic carbocycles. The van der Waals surface area contributed by atoms with Crippen molar-refractivity contribution >= 4 is 22.4 Å². The van der Waals surface area contributed by atoms with Crippen molar-refractivity contribution in [1.29, 1.82) is 0 Å². The van der Waals surface area contributed by atoms with Gasteiger partial charge in [0.25, 0.3) is 5.91 Å². The summed E-state index contributed by atoms with van der Waals surface area (Å²) in [5, 5.41) is 5.07. The average molecular weight is 262 g/mol. The maximum Gasteiger partial charge on any atom is 0.255 e. The predicted octanol–water partition coefficient (Wildman–Crippen LogP) is 3.80. The van der Waals surface area contributed by atoms with Crippen LogP contribution in [0.15, 0.2) is 60.8 Å². The van der Waals surface area contributed by atoms with Crippen molar-refractivity contribution in [3.8, 4) is 0 Å². The van der Waals surface area contributed by atoms with Crippen molar-refractivity contribution in [2.75, 3.05) is 5.32 Å². The van der Waals surface area contributed by atoms with Gasteiger partial charge in [-0.1, -0.05) is 30.3 Å². The fraction of sp³-hybridized carbons (Fsp3) is 0.0588. The van der Waals surface area contributed by atoms with Crippen LogP contribution in [0.4, 0.5) is 5.69 Å². The number of aryl methyl sites for hydroxylation is 1. The number of carbonyl (C=O) groups is 1. The molecule has 3 rings (SSSR count). The van der Waals surface area contributed by atoms with Crippen LogP contribution >= 0.6 is 0 Å². The van der Waals surface area contributed by atoms with E-state index in [4.69, 9.17) is 0 Å². The Bertz CT molecular complexity index is 781. The zero-order chi connectivity index (χ0) is 13.9. The van der Waals surface area contributed by atoms with Gasteiger partial charge < -0.3 is 5.32 Å². The number of amides is 1. The first kappa shape index (κ1) is 12.4. The van der Waals surface area contributed by atoms with Gasteiger partial charge >= 0.3 is 0 Å². The summed E-state index contributed by atoms with van der Waals surface area (Å²) in [5.41, 5.74) is 2.29. The lowest BCUT2D eigenvalue weighted by atomic mass is 10.1. The Kier molecular flexibility index (Phi) is 3.17. The molecule has 1 aromatic heterocycles. The highest BCUT2D eigenvalue weighted by atomic mass is 16.1. The van der Waals surface area contributed by atoms with Crippen LogP contribution in [0.5, 0.6) is 0 Å². The Balaban J connectivity index is 1.88. The molecular weight excluding hydrogens is 248 g/mol. The van der Waals surface area contributed by atoms with Crippen LogP contribution in [0.3, 0.4) is 0 Å². The summed E-state index contributed by atoms with van der Waals surface area (Å²) < 4.78 is 0. The summed E-state index contributed by atoms with van der Waals surface area (Å²) in [6.07, 6.45) is 1.69. The molecule has 0 bridgehead atoms. The molecule has 0 aliphatic carbocycles. The molecule has 0 aliphatic heterocycles. The van der Waals surface area contributed by atoms with Gasteiger partial charge in [0, 0.05) is 23.1 Å². The average Bonchev–Trinajstić information content (AvgIpc) is 2.47. The molecule has 1 heterocycles. The number of hydrogen-bond acceptors (Lipinski definition) is 2. The molecule has 98 valence electrons. The van der Waals surface area contributed by atoms with Crippen LogP contribution < -0.4 is 5.32 Å². The number of nitrogens with zero attached hydrogens (tertiary/aromatic N) is 1. The van der Waals surface area contributed by atoms with Crippen LogP contribution in [0.1, 0.15) is 16.1 Å². The largest absolute Gasteiger partial charge is 0.322 e. The lowest BCUT2D eigenvalue weighted by Gasteiger charge is -2.06. The van der Waals surface area contributed by atoms with Crippen molar-refractivity contribution < 1.29 is 4.79 Å². The highest BCUT2D eigenvalue weighted by Crippen LogP contribution is 2.17. The summed E-state index contributed by atoms with van der Waals surface area (Å²) in [5.74, 6) is -0.110. The Morgan fingerprint density at radius 1 is 1.00 bits per heavy atom. The third-order valence-corrected chi connectivity index (χ3v) is 3.17. The maximum absolute atomic E-state index is 12.2. The van der Waals surface area contributed by atoms with Crippen molar-refractivity contribution in [2.45, 2.75) is 6.92 Å². The van der Waals surface area contributed by atoms with Crippen molar-refractivity contribution in [3.05, 3.63) is 72.1 Å². The van der Waals surface area contributed by atoms with Crippen LogP contribution in [0, 0.1) is 6.92 Å². The van der Waals surface area contributed by atoms with Crippen LogP contribution in [0.2, 0.25) is 0 Å². The fourth-order valence-electron chi connectivity index (χ4n) is 2.16. The molecule has 0 saturated heterocycles. The van der Waals surface area contributed by atoms with E-state index in [-0.39, 0.29) is 5.91 Å². The standard InChI is InChI=1S/C17H14N2O/c1-12-10-16(8-9-18-12)19-17(20)15-7-6-13-4-2-3-5-14(13)11-15/h2-11H,1H3,(H,18,19,20). The number of anilines is 1. The first-order valence-corrected chi connectivity index (χ1v) is 6.45. The molecule has 1 N–H and O–H groups in total. The first-order valence-electron chi connectivity index (χ1n) is 6.45. The molecule has 0 spiro atoms. The number of rotatable bonds is 2. The Hall–Kier alpha value is -2.68. The molecule has 3 heteroatoms. The zero-order valence-electron chi connectivity index (χ0n) is 11.1. The van der Waals surface area contributed by atoms with E-state index in [0.29, 0.717) is 5.56 Å². The summed E-state index contributed by atoms with van der Waals surface area (Å²) in [6, 6.07) is 17.3. The predicted molar refractivity (Wildman–Crippen MR) is 80.9 cm³/mol. The Morgan fingerprint density at radius 3 is 2.60 bits per heavy atom. The number of aromatic nitrogens is 1. The smallest absolute Gasteiger partial charge is 0.255 e. The van der Waals surface area contributed by atoms with E-state index in [2.05, 4.69) is 10.3 Å². The molecule has 3 aromatic rings. The molecule has 0 unspecified atom stereocenters. The second-order valence-electron chi connectivity index (χ2n) is 4.70. The quantitative estimate of drug-likeness (QED) is 0.763. The van der Waals surface area contributed by atoms with E-state index in [9.17, 15) is 4.79 Å². The molecule has 0 saturated carbocycles. The summed E-state index contributed by atoms with van der Waals surface area (Å²) in [6.45, 7) is 1.89. The third-order valence-electron chi connectivity index (χ3n) is 3.17. The minimum absolute atomic E-state index is 0.110. The number of carbonyl (C=O) groups excluding carboxylic acids is 1. The first-order chi connectivity index (χ1) is 9.72. The van der Waals surface area contributed by atoms with Gasteiger partial charge in [-0.15, -0.1) is 0 Å². The van der Waals surface area contributed by atoms with Gasteiger partial charge in [0.15, 0.2) is 0 Å². The van der Waals surface area contributed by atoms with E-state index in [1.807, 2.05) is 55.5 Å². The summed E-state index contributed by atoms with van der Waals surface area (Å²) in [7, 11) is 0. The summed E-state index contributed by atoms with van der Waals surface area (Å²) >= 11 is 0. The van der Waals surface area contributed by atoms with Gasteiger partial charge in [0.2, 0.25) is 0 Å². The monoisotopic (exact) mass is 262 g/mol. The third kappa shape index (κ3) is 2.52. The van der Waals surface area contributed by atoms with Gasteiger partial charge in [-0.3, -0.25) is 9.78 Å². The molecule has 0 radical (unpaired) electrons. The van der Waals surface area contributed by atoms with Gasteiger partial charge in [0.05, 0.1) is 0 Å². The SMILES string of the molecule is Cc1cc(NC(=O)c2ccc3ccccc3c2)ccn1. The maximum atomic E-state index is 12.2. The Labute approximate surface area is 117 Å². The van der Waals surface area contributed by atoms with Gasteiger partial charge in [-0.2, -0.15) is 0 Å². The van der Waals surface area contributed by atoms with E-state index in [0.717, 1.165) is 22.2 Å². The van der Waals surface area contributed by atoms with E-state index < -0.39 is 0 Å². The van der Waals surface area contributed by atoms with E-state index in [1.54, 1.807) is 12.3 Å². The van der Waals surface area contributed by atoms with Crippen LogP contribution in [0.25, 0.3) is 10.8 Å². The number of nitrogens with one attached hydrogen (secondary N) is 1. The van der Waals surface area contributed by atoms with Crippen molar-refractivity contribution in [3.63, 3.8) is 0 Å². The summed E-state index contributed by atoms with van der Waals surface area (Å²) in [4.78, 5) is 16.3. The normalized spacial score (nSPS) is 10.4. The number of pyridine rings is 1. The molecule has 0 aliphatic rings. The molecular formula is C17H14N2O. The lowest BCUT2D eigenvalue weighted by Crippen LogP contribution is -2.11. The van der Waals surface area contributed by atoms with Crippen LogP contribution in [-0.2, 0) is 0 Å². The van der Waals surface area contributed by atoms with Crippen molar-refractivity contribution in [1.82, 2.24) is 4.98 Å². The number of hydrogen-bond donors (Lipinski definition) is 1. The molecule has 0 atom stereocenters. The molecule has 1 amide bonds. The van der Waals surface area contributed by atoms with E-state index in [1.165, 1.54) is 0 Å². The molecule has 3 nitrogen and oxygen atoms in total. The minimum atomic E-state index is -0.110. The van der Waals surface area contributed by atoms with E-state index >= 15 is 0 Å². The molecule has 0 fully saturated rings. The van der Waals surface area contributed by atoms with Gasteiger partial charge in [0.1, 0.15) is 0 Å². The van der Waals surface area contributed by atoms with Crippen LogP contribution in [-0.4, -0.2) is 10.9 Å². The van der Waals surface area contributed by atoms with Crippen molar-refractivity contribution in [2.24, 2.45) is 0 Å². The second kappa shape index (κ2) is 5.13. The second-order valence-corrected chi connectivity index (χ2v) is 4.70. The van der Waals surface area contributed by atoms with Gasteiger partial charge in [-0.25, -0.2) is 0 Å². The fourth-order valence-corrected chi connectivity index (χ4v) is 2.16. The topological polar surface area (TPSA) is 42.0 Å². The molecule has 20 heavy (non-hydrogen) atoms. The van der Waals surface area contributed by atoms with Gasteiger partial charge in [-0.05, 0) is 42.0 Å². The number of fused-ring (bicyclic) bond motifs is 1. The minimum Gasteiger partial charge on any atom is -0.322 e. The Morgan fingerprint density at radius 2 is 1.80 bits per heavy atom. The highest BCUT2D eigenvalue weighted by molar-refractivity contribution is 6.06. The highest BCUT2D eigenvalue weighted by Gasteiger charge is 2.07. The lowest BCUT2D eigenvalue weighted by molar-refractivity contribution is 0.102. The number of benzene rings is 2. The zero-order valence-corrected chi connectivity index (χ0v) is 11.1.